The van der Waals surface area contributed by atoms with Crippen molar-refractivity contribution < 1.29 is 32.5 Å². The van der Waals surface area contributed by atoms with Crippen molar-refractivity contribution in [2.24, 2.45) is 0 Å². The van der Waals surface area contributed by atoms with Gasteiger partial charge in [0.1, 0.15) is 49.0 Å². The third-order valence-corrected chi connectivity index (χ3v) is 20.9. The Morgan fingerprint density at radius 3 is 2.53 bits per heavy atom. The Morgan fingerprint density at radius 1 is 1.05 bits per heavy atom. The lowest BCUT2D eigenvalue weighted by atomic mass is 9.90. The number of benzene rings is 2. The van der Waals surface area contributed by atoms with E-state index in [9.17, 15) is 14.3 Å². The largest absolute Gasteiger partial charge is 0.472 e. The summed E-state index contributed by atoms with van der Waals surface area (Å²) in [7, 11) is -2.30. The van der Waals surface area contributed by atoms with Crippen LogP contribution in [-0.4, -0.2) is 100 Å². The molecule has 2 aromatic carbocycles. The third-order valence-electron chi connectivity index (χ3n) is 14.7. The Balaban J connectivity index is 1.26. The molecule has 5 unspecified atom stereocenters. The predicted molar refractivity (Wildman–Crippen MR) is 229 cm³/mol. The summed E-state index contributed by atoms with van der Waals surface area (Å²) in [4.78, 5) is 33.0. The summed E-state index contributed by atoms with van der Waals surface area (Å²) in [6.45, 7) is 17.0. The molecule has 4 aromatic rings. The average Bonchev–Trinajstić information content (AvgIpc) is 3.85. The van der Waals surface area contributed by atoms with Crippen LogP contribution in [0.1, 0.15) is 86.1 Å². The lowest BCUT2D eigenvalue weighted by Crippen LogP contribution is -2.64. The molecule has 2 aromatic heterocycles. The van der Waals surface area contributed by atoms with Crippen molar-refractivity contribution in [3.05, 3.63) is 59.4 Å². The first-order valence-electron chi connectivity index (χ1n) is 21.5. The normalized spacial score (nSPS) is 25.6. The summed E-state index contributed by atoms with van der Waals surface area (Å²) in [5.41, 5.74) is 4.96. The molecule has 0 radical (unpaired) electrons. The number of hydrogen-bond donors (Lipinski definition) is 1. The van der Waals surface area contributed by atoms with E-state index in [-0.39, 0.29) is 46.7 Å². The molecule has 5 atom stereocenters. The van der Waals surface area contributed by atoms with E-state index in [1.165, 1.54) is 11.0 Å². The molecule has 4 fully saturated rings. The van der Waals surface area contributed by atoms with Gasteiger partial charge in [-0.3, -0.25) is 9.80 Å². The van der Waals surface area contributed by atoms with E-state index in [4.69, 9.17) is 24.4 Å². The monoisotopic (exact) mass is 838 g/mol. The molecular weight excluding hydrogens is 786 g/mol. The number of fused-ring (bicyclic) bond motifs is 7. The number of pyridine rings is 1. The van der Waals surface area contributed by atoms with E-state index < -0.39 is 49.5 Å². The van der Waals surface area contributed by atoms with Crippen LogP contribution >= 0.6 is 0 Å². The topological polar surface area (TPSA) is 104 Å². The van der Waals surface area contributed by atoms with Crippen LogP contribution in [0.3, 0.4) is 0 Å². The van der Waals surface area contributed by atoms with E-state index in [2.05, 4.69) is 57.9 Å². The van der Waals surface area contributed by atoms with Crippen molar-refractivity contribution in [2.75, 3.05) is 31.1 Å². The van der Waals surface area contributed by atoms with Gasteiger partial charge in [-0.1, -0.05) is 71.7 Å². The maximum atomic E-state index is 17.8. The van der Waals surface area contributed by atoms with Gasteiger partial charge in [0.15, 0.2) is 5.82 Å². The van der Waals surface area contributed by atoms with Gasteiger partial charge in [0.2, 0.25) is 5.88 Å². The van der Waals surface area contributed by atoms with Crippen molar-refractivity contribution in [1.82, 2.24) is 24.8 Å². The number of ether oxygens (including phenoxy) is 2. The van der Waals surface area contributed by atoms with E-state index in [0.29, 0.717) is 82.9 Å². The average molecular weight is 839 g/mol. The van der Waals surface area contributed by atoms with Crippen LogP contribution in [0.2, 0.25) is 16.6 Å². The number of halogens is 3. The van der Waals surface area contributed by atoms with Gasteiger partial charge in [-0.05, 0) is 79.2 Å². The first-order chi connectivity index (χ1) is 28.7. The summed E-state index contributed by atoms with van der Waals surface area (Å²) < 4.78 is 61.5. The fourth-order valence-electron chi connectivity index (χ4n) is 11.9. The van der Waals surface area contributed by atoms with Crippen LogP contribution in [0.4, 0.5) is 23.8 Å². The van der Waals surface area contributed by atoms with Crippen LogP contribution in [0.25, 0.3) is 32.9 Å². The Hall–Kier alpha value is -4.87. The highest BCUT2D eigenvalue weighted by Crippen LogP contribution is 2.48. The minimum atomic E-state index is -2.30. The van der Waals surface area contributed by atoms with Crippen LogP contribution in [0, 0.1) is 23.1 Å². The summed E-state index contributed by atoms with van der Waals surface area (Å²) in [5.74, 6) is 2.50. The lowest BCUT2D eigenvalue weighted by molar-refractivity contribution is 0.0706. The smallest absolute Gasteiger partial charge is 0.407 e. The zero-order chi connectivity index (χ0) is 42.4. The molecule has 9 rings (SSSR count). The van der Waals surface area contributed by atoms with Crippen LogP contribution < -0.4 is 14.4 Å². The summed E-state index contributed by atoms with van der Waals surface area (Å²) in [6.07, 6.45) is 2.59. The molecule has 60 heavy (non-hydrogen) atoms. The predicted octanol–water partition coefficient (Wildman–Crippen LogP) is 9.64. The number of carbonyl (C=O) groups is 1. The fourth-order valence-corrected chi connectivity index (χ4v) is 17.2. The fraction of sp³-hybridized carbons (Fsp3) is 0.522. The van der Waals surface area contributed by atoms with Crippen LogP contribution in [0.15, 0.2) is 42.2 Å². The lowest BCUT2D eigenvalue weighted by Gasteiger charge is -2.47. The van der Waals surface area contributed by atoms with E-state index >= 15 is 8.78 Å². The molecule has 0 aliphatic carbocycles. The van der Waals surface area contributed by atoms with Gasteiger partial charge in [0.05, 0.1) is 35.6 Å². The maximum absolute atomic E-state index is 17.8. The molecule has 2 bridgehead atoms. The maximum Gasteiger partial charge on any atom is 0.407 e. The molecule has 7 heterocycles. The quantitative estimate of drug-likeness (QED) is 0.144. The second-order valence-corrected chi connectivity index (χ2v) is 23.9. The first kappa shape index (κ1) is 40.5. The minimum absolute atomic E-state index is 0.0764. The van der Waals surface area contributed by atoms with Gasteiger partial charge < -0.3 is 19.5 Å². The van der Waals surface area contributed by atoms with E-state index in [1.807, 2.05) is 17.9 Å². The molecule has 316 valence electrons. The Labute approximate surface area is 350 Å². The summed E-state index contributed by atoms with van der Waals surface area (Å²) >= 11 is 0. The molecule has 10 nitrogen and oxygen atoms in total. The van der Waals surface area contributed by atoms with Crippen molar-refractivity contribution in [3.8, 4) is 34.6 Å². The van der Waals surface area contributed by atoms with Gasteiger partial charge in [-0.25, -0.2) is 22.9 Å². The van der Waals surface area contributed by atoms with Crippen molar-refractivity contribution in [1.29, 1.82) is 0 Å². The Bertz CT molecular complexity index is 2480. The van der Waals surface area contributed by atoms with Gasteiger partial charge in [-0.15, -0.1) is 5.54 Å². The van der Waals surface area contributed by atoms with Gasteiger partial charge in [0, 0.05) is 24.0 Å². The SMILES string of the molecule is CC1Oc2nc(-c3cccc4ccc(F)c(C#C[Si](C(C)C)(C(C)C)C(C)C)c34)c(F)c3nc(OCC45CCCN4CCC5=CF)nc(c23)N2CC3CCC(C12)N3C(=O)O. The number of rotatable bonds is 7. The number of piperazine rings is 1. The molecule has 4 saturated heterocycles. The van der Waals surface area contributed by atoms with Crippen molar-refractivity contribution in [2.45, 2.75) is 127 Å². The molecule has 0 saturated carbocycles. The first-order valence-corrected chi connectivity index (χ1v) is 23.7. The molecule has 5 aliphatic heterocycles. The molecule has 0 spiro atoms. The number of carboxylic acid groups (broad SMARTS) is 1. The second kappa shape index (κ2) is 14.9. The highest BCUT2D eigenvalue weighted by molar-refractivity contribution is 6.90. The highest BCUT2D eigenvalue weighted by atomic mass is 28.3. The standard InChI is InChI=1S/C46H53F3N6O4Si/c1-25(2)60(26(3)4,27(5)6)21-17-32-34(48)14-12-29-10-8-11-33(36(29)32)39-38(49)40-37-42(52-44(51-40)58-24-46-18-9-19-53(46)20-16-30(46)22-47)54-23-31-13-15-35(55(31)45(56)57)41(54)28(7)59-43(37)50-39/h8,10-12,14,22,25-28,31,35,41H,9,13,15-16,18-20,23-24H2,1-7H3,(H,56,57). The minimum Gasteiger partial charge on any atom is -0.472 e. The van der Waals surface area contributed by atoms with E-state index in [1.54, 1.807) is 18.2 Å². The number of anilines is 1. The van der Waals surface area contributed by atoms with Gasteiger partial charge >= 0.3 is 12.1 Å². The molecular formula is C46H53F3N6O4Si. The van der Waals surface area contributed by atoms with E-state index in [0.717, 1.165) is 19.5 Å². The second-order valence-electron chi connectivity index (χ2n) is 18.4. The zero-order valence-corrected chi connectivity index (χ0v) is 36.4. The summed E-state index contributed by atoms with van der Waals surface area (Å²) in [6, 6.07) is 7.17. The summed E-state index contributed by atoms with van der Waals surface area (Å²) in [5, 5.41) is 11.7. The zero-order valence-electron chi connectivity index (χ0n) is 35.4. The molecule has 1 N–H and O–H groups in total. The van der Waals surface area contributed by atoms with Crippen molar-refractivity contribution in [3.63, 3.8) is 0 Å². The van der Waals surface area contributed by atoms with Crippen molar-refractivity contribution >= 4 is 41.7 Å². The van der Waals surface area contributed by atoms with Gasteiger partial charge in [-0.2, -0.15) is 9.97 Å². The molecule has 5 aliphatic rings. The Morgan fingerprint density at radius 2 is 1.82 bits per heavy atom. The number of hydrogen-bond acceptors (Lipinski definition) is 8. The number of amides is 1. The van der Waals surface area contributed by atoms with Gasteiger partial charge in [0.25, 0.3) is 0 Å². The Kier molecular flexibility index (Phi) is 10.1. The number of nitrogens with zero attached hydrogens (tertiary/aromatic N) is 6. The van der Waals surface area contributed by atoms with Crippen LogP contribution in [0.5, 0.6) is 11.9 Å². The highest BCUT2D eigenvalue weighted by Gasteiger charge is 2.54. The molecule has 1 amide bonds. The third kappa shape index (κ3) is 6.00. The van der Waals surface area contributed by atoms with Crippen LogP contribution in [-0.2, 0) is 0 Å². The molecule has 14 heteroatoms. The number of aromatic nitrogens is 3.